The summed E-state index contributed by atoms with van der Waals surface area (Å²) in [5.74, 6) is -1.98. The molecule has 7 heteroatoms. The maximum atomic E-state index is 11.7. The summed E-state index contributed by atoms with van der Waals surface area (Å²) in [7, 11) is 0. The van der Waals surface area contributed by atoms with Gasteiger partial charge in [0.15, 0.2) is 0 Å². The van der Waals surface area contributed by atoms with Gasteiger partial charge in [0, 0.05) is 19.2 Å². The van der Waals surface area contributed by atoms with E-state index in [2.05, 4.69) is 17.4 Å². The number of rotatable bonds is 3. The molecule has 1 aromatic rings. The number of carbonyl (C=O) groups is 3. The lowest BCUT2D eigenvalue weighted by Gasteiger charge is -2.30. The van der Waals surface area contributed by atoms with E-state index in [-0.39, 0.29) is 18.7 Å². The topological polar surface area (TPSA) is 107 Å². The van der Waals surface area contributed by atoms with Crippen molar-refractivity contribution in [2.24, 2.45) is 0 Å². The molecule has 0 aliphatic carbocycles. The lowest BCUT2D eigenvalue weighted by molar-refractivity contribution is -0.143. The number of hydrogen-bond acceptors (Lipinski definition) is 4. The molecule has 2 aliphatic heterocycles. The predicted octanol–water partition coefficient (Wildman–Crippen LogP) is 1.61. The normalized spacial score (nSPS) is 15.7. The molecule has 1 aromatic carbocycles. The number of hydrogen-bond donors (Lipinski definition) is 3. The second-order valence-electron chi connectivity index (χ2n) is 6.56. The highest BCUT2D eigenvalue weighted by Gasteiger charge is 2.22. The lowest BCUT2D eigenvalue weighted by Crippen LogP contribution is -2.33. The molecule has 2 aliphatic rings. The zero-order valence-electron chi connectivity index (χ0n) is 15.1. The summed E-state index contributed by atoms with van der Waals surface area (Å²) in [5.41, 5.74) is 5.42. The molecule has 1 amide bonds. The van der Waals surface area contributed by atoms with Crippen molar-refractivity contribution in [3.05, 3.63) is 28.8 Å². The van der Waals surface area contributed by atoms with Gasteiger partial charge in [-0.25, -0.2) is 0 Å². The van der Waals surface area contributed by atoms with Crippen LogP contribution in [0.25, 0.3) is 0 Å². The molecule has 2 heterocycles. The Kier molecular flexibility index (Phi) is 7.15. The molecule has 3 N–H and O–H groups in total. The highest BCUT2D eigenvalue weighted by Crippen LogP contribution is 2.31. The molecular weight excluding hydrogens is 336 g/mol. The van der Waals surface area contributed by atoms with Crippen LogP contribution < -0.4 is 10.2 Å². The van der Waals surface area contributed by atoms with E-state index in [0.29, 0.717) is 0 Å². The number of anilines is 1. The average molecular weight is 362 g/mol. The number of aryl methyl sites for hydroxylation is 1. The van der Waals surface area contributed by atoms with E-state index in [4.69, 9.17) is 10.2 Å². The second-order valence-corrected chi connectivity index (χ2v) is 6.56. The first-order chi connectivity index (χ1) is 12.4. The van der Waals surface area contributed by atoms with Crippen molar-refractivity contribution >= 4 is 23.5 Å². The standard InChI is InChI=1S/C15H20N2O.C4H6O4/c1-11(18)17-8-2-3-14-9-12-4-6-16-7-5-13(12)10-15(14)17;5-3(6)1-2-4(7)8/h9-10,16H,2-8H2,1H3;1-2H2,(H,5,6)(H,7,8). The molecular formula is C19H26N2O5. The first-order valence-electron chi connectivity index (χ1n) is 8.95. The minimum atomic E-state index is -1.08. The monoisotopic (exact) mass is 362 g/mol. The Morgan fingerprint density at radius 2 is 1.54 bits per heavy atom. The molecule has 0 saturated carbocycles. The van der Waals surface area contributed by atoms with E-state index in [1.807, 2.05) is 4.90 Å². The van der Waals surface area contributed by atoms with Crippen LogP contribution in [-0.4, -0.2) is 47.7 Å². The molecule has 26 heavy (non-hydrogen) atoms. The number of aliphatic carboxylic acids is 2. The highest BCUT2D eigenvalue weighted by atomic mass is 16.4. The molecule has 0 radical (unpaired) electrons. The second kappa shape index (κ2) is 9.33. The molecule has 0 bridgehead atoms. The smallest absolute Gasteiger partial charge is 0.303 e. The molecule has 0 fully saturated rings. The van der Waals surface area contributed by atoms with Gasteiger partial charge in [-0.2, -0.15) is 0 Å². The molecule has 142 valence electrons. The van der Waals surface area contributed by atoms with Gasteiger partial charge in [0.2, 0.25) is 5.91 Å². The summed E-state index contributed by atoms with van der Waals surface area (Å²) in [5, 5.41) is 19.2. The summed E-state index contributed by atoms with van der Waals surface area (Å²) >= 11 is 0. The number of carbonyl (C=O) groups excluding carboxylic acids is 1. The fourth-order valence-corrected chi connectivity index (χ4v) is 3.30. The van der Waals surface area contributed by atoms with Gasteiger partial charge >= 0.3 is 11.9 Å². The van der Waals surface area contributed by atoms with Gasteiger partial charge < -0.3 is 20.4 Å². The van der Waals surface area contributed by atoms with Gasteiger partial charge in [0.1, 0.15) is 0 Å². The third-order valence-corrected chi connectivity index (χ3v) is 4.59. The van der Waals surface area contributed by atoms with Crippen LogP contribution in [0, 0.1) is 0 Å². The number of benzene rings is 1. The van der Waals surface area contributed by atoms with Crippen molar-refractivity contribution in [1.29, 1.82) is 0 Å². The number of nitrogens with one attached hydrogen (secondary N) is 1. The Bertz CT molecular complexity index is 673. The SMILES string of the molecule is CC(=O)N1CCCc2cc3c(cc21)CCNCC3.O=C(O)CCC(=O)O. The molecule has 7 nitrogen and oxygen atoms in total. The lowest BCUT2D eigenvalue weighted by atomic mass is 9.93. The van der Waals surface area contributed by atoms with Crippen molar-refractivity contribution in [3.63, 3.8) is 0 Å². The number of carboxylic acids is 2. The Balaban J connectivity index is 0.000000260. The fraction of sp³-hybridized carbons (Fsp3) is 0.526. The quantitative estimate of drug-likeness (QED) is 0.754. The molecule has 0 unspecified atom stereocenters. The van der Waals surface area contributed by atoms with Crippen molar-refractivity contribution in [3.8, 4) is 0 Å². The fourth-order valence-electron chi connectivity index (χ4n) is 3.30. The van der Waals surface area contributed by atoms with Crippen molar-refractivity contribution in [2.45, 2.75) is 45.4 Å². The van der Waals surface area contributed by atoms with E-state index in [1.54, 1.807) is 6.92 Å². The van der Waals surface area contributed by atoms with E-state index < -0.39 is 11.9 Å². The predicted molar refractivity (Wildman–Crippen MR) is 97.6 cm³/mol. The molecule has 0 saturated heterocycles. The summed E-state index contributed by atoms with van der Waals surface area (Å²) in [6.07, 6.45) is 3.80. The van der Waals surface area contributed by atoms with Crippen LogP contribution >= 0.6 is 0 Å². The van der Waals surface area contributed by atoms with Gasteiger partial charge in [0.05, 0.1) is 12.8 Å². The van der Waals surface area contributed by atoms with Gasteiger partial charge in [-0.1, -0.05) is 6.07 Å². The van der Waals surface area contributed by atoms with Gasteiger partial charge in [-0.05, 0) is 61.5 Å². The summed E-state index contributed by atoms with van der Waals surface area (Å²) in [6, 6.07) is 4.60. The molecule has 3 rings (SSSR count). The van der Waals surface area contributed by atoms with Crippen LogP contribution in [-0.2, 0) is 33.6 Å². The Morgan fingerprint density at radius 1 is 0.962 bits per heavy atom. The van der Waals surface area contributed by atoms with Crippen LogP contribution in [0.15, 0.2) is 12.1 Å². The third-order valence-electron chi connectivity index (χ3n) is 4.59. The van der Waals surface area contributed by atoms with E-state index in [9.17, 15) is 14.4 Å². The van der Waals surface area contributed by atoms with Crippen LogP contribution in [0.3, 0.4) is 0 Å². The minimum absolute atomic E-state index is 0.169. The summed E-state index contributed by atoms with van der Waals surface area (Å²) < 4.78 is 0. The van der Waals surface area contributed by atoms with Crippen molar-refractivity contribution in [1.82, 2.24) is 5.32 Å². The average Bonchev–Trinajstić information content (AvgIpc) is 2.82. The van der Waals surface area contributed by atoms with Crippen LogP contribution in [0.1, 0.15) is 42.9 Å². The zero-order chi connectivity index (χ0) is 19.1. The van der Waals surface area contributed by atoms with Gasteiger partial charge in [0.25, 0.3) is 0 Å². The van der Waals surface area contributed by atoms with Gasteiger partial charge in [-0.3, -0.25) is 14.4 Å². The summed E-state index contributed by atoms with van der Waals surface area (Å²) in [4.78, 5) is 32.9. The molecule has 0 aromatic heterocycles. The number of amides is 1. The van der Waals surface area contributed by atoms with E-state index in [0.717, 1.165) is 51.0 Å². The van der Waals surface area contributed by atoms with E-state index >= 15 is 0 Å². The Morgan fingerprint density at radius 3 is 2.08 bits per heavy atom. The largest absolute Gasteiger partial charge is 0.481 e. The van der Waals surface area contributed by atoms with Crippen molar-refractivity contribution < 1.29 is 24.6 Å². The summed E-state index contributed by atoms with van der Waals surface area (Å²) in [6.45, 7) is 4.66. The molecule has 0 atom stereocenters. The van der Waals surface area contributed by atoms with Crippen LogP contribution in [0.4, 0.5) is 5.69 Å². The first-order valence-corrected chi connectivity index (χ1v) is 8.95. The Hall–Kier alpha value is -2.41. The highest BCUT2D eigenvalue weighted by molar-refractivity contribution is 5.93. The van der Waals surface area contributed by atoms with Crippen LogP contribution in [0.5, 0.6) is 0 Å². The number of fused-ring (bicyclic) bond motifs is 2. The Labute approximate surface area is 153 Å². The maximum Gasteiger partial charge on any atom is 0.303 e. The third kappa shape index (κ3) is 5.56. The first kappa shape index (κ1) is 19.9. The zero-order valence-corrected chi connectivity index (χ0v) is 15.1. The van der Waals surface area contributed by atoms with Gasteiger partial charge in [-0.15, -0.1) is 0 Å². The number of carboxylic acid groups (broad SMARTS) is 2. The van der Waals surface area contributed by atoms with E-state index in [1.165, 1.54) is 16.7 Å². The molecule has 0 spiro atoms. The van der Waals surface area contributed by atoms with Crippen molar-refractivity contribution in [2.75, 3.05) is 24.5 Å². The van der Waals surface area contributed by atoms with Crippen LogP contribution in [0.2, 0.25) is 0 Å². The maximum absolute atomic E-state index is 11.7. The minimum Gasteiger partial charge on any atom is -0.481 e. The number of nitrogens with zero attached hydrogens (tertiary/aromatic N) is 1.